The SMILES string of the molecule is CCSC1CCCC1NS(=O)(=O)c1ccc(Br)cc1. The zero-order chi connectivity index (χ0) is 13.9. The third kappa shape index (κ3) is 3.97. The van der Waals surface area contributed by atoms with Crippen molar-refractivity contribution in [2.75, 3.05) is 5.75 Å². The van der Waals surface area contributed by atoms with Crippen molar-refractivity contribution in [3.8, 4) is 0 Å². The summed E-state index contributed by atoms with van der Waals surface area (Å²) in [6.07, 6.45) is 3.14. The van der Waals surface area contributed by atoms with Crippen LogP contribution in [0.15, 0.2) is 33.6 Å². The first-order valence-electron chi connectivity index (χ1n) is 6.42. The molecule has 3 nitrogen and oxygen atoms in total. The summed E-state index contributed by atoms with van der Waals surface area (Å²) in [5, 5.41) is 0.412. The topological polar surface area (TPSA) is 46.2 Å². The van der Waals surface area contributed by atoms with Crippen molar-refractivity contribution in [3.63, 3.8) is 0 Å². The second-order valence-corrected chi connectivity index (χ2v) is 8.75. The van der Waals surface area contributed by atoms with Crippen molar-refractivity contribution in [1.29, 1.82) is 0 Å². The van der Waals surface area contributed by atoms with E-state index in [0.29, 0.717) is 10.1 Å². The minimum Gasteiger partial charge on any atom is -0.207 e. The quantitative estimate of drug-likeness (QED) is 0.871. The maximum absolute atomic E-state index is 12.3. The number of halogens is 1. The van der Waals surface area contributed by atoms with Crippen LogP contribution < -0.4 is 4.72 Å². The molecular weight excluding hydrogens is 346 g/mol. The molecule has 0 bridgehead atoms. The summed E-state index contributed by atoms with van der Waals surface area (Å²) in [7, 11) is -3.40. The van der Waals surface area contributed by atoms with E-state index in [9.17, 15) is 8.42 Å². The van der Waals surface area contributed by atoms with Crippen molar-refractivity contribution >= 4 is 37.7 Å². The number of benzene rings is 1. The van der Waals surface area contributed by atoms with Crippen LogP contribution in [-0.2, 0) is 10.0 Å². The first-order chi connectivity index (χ1) is 9.03. The van der Waals surface area contributed by atoms with Crippen molar-refractivity contribution in [2.24, 2.45) is 0 Å². The molecule has 19 heavy (non-hydrogen) atoms. The summed E-state index contributed by atoms with van der Waals surface area (Å²) < 4.78 is 28.4. The molecule has 0 aliphatic heterocycles. The van der Waals surface area contributed by atoms with Gasteiger partial charge in [-0.3, -0.25) is 0 Å². The standard InChI is InChI=1S/C13H18BrNO2S2/c1-2-18-13-5-3-4-12(13)15-19(16,17)11-8-6-10(14)7-9-11/h6-9,12-13,15H,2-5H2,1H3. The predicted octanol–water partition coefficient (Wildman–Crippen LogP) is 3.40. The Balaban J connectivity index is 2.10. The molecule has 1 aromatic rings. The molecular formula is C13H18BrNO2S2. The highest BCUT2D eigenvalue weighted by atomic mass is 79.9. The van der Waals surface area contributed by atoms with Crippen LogP contribution in [0.1, 0.15) is 26.2 Å². The molecule has 106 valence electrons. The minimum absolute atomic E-state index is 0.0681. The van der Waals surface area contributed by atoms with Crippen LogP contribution in [-0.4, -0.2) is 25.5 Å². The van der Waals surface area contributed by atoms with E-state index in [1.54, 1.807) is 24.3 Å². The number of nitrogens with one attached hydrogen (secondary N) is 1. The highest BCUT2D eigenvalue weighted by molar-refractivity contribution is 9.10. The summed E-state index contributed by atoms with van der Waals surface area (Å²) in [6, 6.07) is 6.83. The molecule has 0 heterocycles. The molecule has 1 N–H and O–H groups in total. The van der Waals surface area contributed by atoms with Crippen LogP contribution in [0.25, 0.3) is 0 Å². The van der Waals surface area contributed by atoms with Gasteiger partial charge in [0.25, 0.3) is 0 Å². The molecule has 0 radical (unpaired) electrons. The summed E-state index contributed by atoms with van der Waals surface area (Å²) >= 11 is 5.16. The molecule has 6 heteroatoms. The van der Waals surface area contributed by atoms with E-state index in [4.69, 9.17) is 0 Å². The Bertz CT molecular complexity index is 516. The molecule has 0 amide bonds. The van der Waals surface area contributed by atoms with E-state index in [1.807, 2.05) is 11.8 Å². The normalized spacial score (nSPS) is 23.7. The van der Waals surface area contributed by atoms with Gasteiger partial charge >= 0.3 is 0 Å². The van der Waals surface area contributed by atoms with Gasteiger partial charge in [-0.2, -0.15) is 11.8 Å². The zero-order valence-corrected chi connectivity index (χ0v) is 14.0. The predicted molar refractivity (Wildman–Crippen MR) is 84.0 cm³/mol. The molecule has 1 aliphatic carbocycles. The number of hydrogen-bond donors (Lipinski definition) is 1. The molecule has 2 rings (SSSR count). The summed E-state index contributed by atoms with van der Waals surface area (Å²) in [5.74, 6) is 1.03. The number of thioether (sulfide) groups is 1. The van der Waals surface area contributed by atoms with Gasteiger partial charge in [0, 0.05) is 15.8 Å². The van der Waals surface area contributed by atoms with Gasteiger partial charge < -0.3 is 0 Å². The first-order valence-corrected chi connectivity index (χ1v) is 9.75. The van der Waals surface area contributed by atoms with Gasteiger partial charge in [-0.1, -0.05) is 29.3 Å². The van der Waals surface area contributed by atoms with Crippen LogP contribution in [0.5, 0.6) is 0 Å². The molecule has 1 aliphatic rings. The Hall–Kier alpha value is -0.0400. The molecule has 2 unspecified atom stereocenters. The molecule has 0 spiro atoms. The fourth-order valence-corrected chi connectivity index (χ4v) is 5.22. The molecule has 0 aromatic heterocycles. The third-order valence-electron chi connectivity index (χ3n) is 3.26. The van der Waals surface area contributed by atoms with E-state index in [1.165, 1.54) is 0 Å². The fraction of sp³-hybridized carbons (Fsp3) is 0.538. The zero-order valence-electron chi connectivity index (χ0n) is 10.8. The van der Waals surface area contributed by atoms with Crippen LogP contribution in [0.3, 0.4) is 0 Å². The lowest BCUT2D eigenvalue weighted by Crippen LogP contribution is -2.38. The van der Waals surface area contributed by atoms with Gasteiger partial charge in [-0.25, -0.2) is 13.1 Å². The highest BCUT2D eigenvalue weighted by Gasteiger charge is 2.31. The van der Waals surface area contributed by atoms with E-state index in [-0.39, 0.29) is 6.04 Å². The Morgan fingerprint density at radius 3 is 2.63 bits per heavy atom. The van der Waals surface area contributed by atoms with Crippen molar-refractivity contribution < 1.29 is 8.42 Å². The molecule has 2 atom stereocenters. The smallest absolute Gasteiger partial charge is 0.207 e. The van der Waals surface area contributed by atoms with Crippen molar-refractivity contribution in [3.05, 3.63) is 28.7 Å². The van der Waals surface area contributed by atoms with Crippen molar-refractivity contribution in [1.82, 2.24) is 4.72 Å². The minimum atomic E-state index is -3.40. The van der Waals surface area contributed by atoms with E-state index >= 15 is 0 Å². The lowest BCUT2D eigenvalue weighted by molar-refractivity contribution is 0.555. The molecule has 1 saturated carbocycles. The molecule has 0 saturated heterocycles. The van der Waals surface area contributed by atoms with E-state index < -0.39 is 10.0 Å². The van der Waals surface area contributed by atoms with Crippen LogP contribution in [0, 0.1) is 0 Å². The van der Waals surface area contributed by atoms with Gasteiger partial charge in [-0.15, -0.1) is 0 Å². The maximum Gasteiger partial charge on any atom is 0.240 e. The monoisotopic (exact) mass is 363 g/mol. The van der Waals surface area contributed by atoms with E-state index in [2.05, 4.69) is 27.6 Å². The lowest BCUT2D eigenvalue weighted by atomic mass is 10.3. The summed E-state index contributed by atoms with van der Waals surface area (Å²) in [4.78, 5) is 0.336. The number of sulfonamides is 1. The van der Waals surface area contributed by atoms with Crippen LogP contribution in [0.2, 0.25) is 0 Å². The van der Waals surface area contributed by atoms with Gasteiger partial charge in [0.2, 0.25) is 10.0 Å². The number of hydrogen-bond acceptors (Lipinski definition) is 3. The van der Waals surface area contributed by atoms with E-state index in [0.717, 1.165) is 29.5 Å². The fourth-order valence-electron chi connectivity index (χ4n) is 2.36. The van der Waals surface area contributed by atoms with Gasteiger partial charge in [-0.05, 0) is 42.9 Å². The second-order valence-electron chi connectivity index (χ2n) is 4.61. The molecule has 1 fully saturated rings. The average molecular weight is 364 g/mol. The Kier molecular flexibility index (Phi) is 5.34. The Morgan fingerprint density at radius 2 is 2.00 bits per heavy atom. The maximum atomic E-state index is 12.3. The van der Waals surface area contributed by atoms with Gasteiger partial charge in [0.15, 0.2) is 0 Å². The largest absolute Gasteiger partial charge is 0.240 e. The second kappa shape index (κ2) is 6.61. The van der Waals surface area contributed by atoms with Crippen LogP contribution in [0.4, 0.5) is 0 Å². The summed E-state index contributed by atoms with van der Waals surface area (Å²) in [6.45, 7) is 2.11. The number of rotatable bonds is 5. The lowest BCUT2D eigenvalue weighted by Gasteiger charge is -2.20. The van der Waals surface area contributed by atoms with Crippen molar-refractivity contribution in [2.45, 2.75) is 42.4 Å². The Morgan fingerprint density at radius 1 is 1.32 bits per heavy atom. The Labute approximate surface area is 127 Å². The van der Waals surface area contributed by atoms with Gasteiger partial charge in [0.05, 0.1) is 4.90 Å². The highest BCUT2D eigenvalue weighted by Crippen LogP contribution is 2.31. The third-order valence-corrected chi connectivity index (χ3v) is 6.62. The first kappa shape index (κ1) is 15.4. The molecule has 1 aromatic carbocycles. The van der Waals surface area contributed by atoms with Crippen LogP contribution >= 0.6 is 27.7 Å². The average Bonchev–Trinajstić information content (AvgIpc) is 2.77. The van der Waals surface area contributed by atoms with Gasteiger partial charge in [0.1, 0.15) is 0 Å². The summed E-state index contributed by atoms with van der Waals surface area (Å²) in [5.41, 5.74) is 0.